The van der Waals surface area contributed by atoms with Gasteiger partial charge in [0.15, 0.2) is 23.3 Å². The maximum atomic E-state index is 5.11. The van der Waals surface area contributed by atoms with Crippen molar-refractivity contribution < 1.29 is 0 Å². The summed E-state index contributed by atoms with van der Waals surface area (Å²) in [5, 5.41) is 4.99. The van der Waals surface area contributed by atoms with Crippen LogP contribution in [0.3, 0.4) is 0 Å². The van der Waals surface area contributed by atoms with E-state index in [2.05, 4.69) is 226 Å². The lowest BCUT2D eigenvalue weighted by atomic mass is 10.0. The van der Waals surface area contributed by atoms with Crippen LogP contribution in [-0.4, -0.2) is 44.0 Å². The minimum Gasteiger partial charge on any atom is -0.309 e. The Balaban J connectivity index is 0.656. The molecule has 6 heterocycles. The third kappa shape index (κ3) is 9.13. The summed E-state index contributed by atoms with van der Waals surface area (Å²) in [6, 6.07) is 99.3. The fourth-order valence-corrected chi connectivity index (χ4v) is 11.9. The molecule has 16 rings (SSSR count). The lowest BCUT2D eigenvalue weighted by Crippen LogP contribution is -2.01. The highest BCUT2D eigenvalue weighted by Gasteiger charge is 2.18. The number of pyridine rings is 2. The Hall–Kier alpha value is -11.8. The summed E-state index contributed by atoms with van der Waals surface area (Å²) >= 11 is 0. The van der Waals surface area contributed by atoms with Crippen LogP contribution in [0.15, 0.2) is 298 Å². The van der Waals surface area contributed by atoms with Crippen LogP contribution in [0.5, 0.6) is 0 Å². The van der Waals surface area contributed by atoms with Crippen molar-refractivity contribution >= 4 is 43.6 Å². The van der Waals surface area contributed by atoms with Crippen LogP contribution in [0.4, 0.5) is 0 Å². The molecule has 402 valence electrons. The molecule has 0 atom stereocenters. The topological polar surface area (TPSA) is 100 Å². The summed E-state index contributed by atoms with van der Waals surface area (Å²) in [5.41, 5.74) is 20.0. The maximum Gasteiger partial charge on any atom is 0.182 e. The van der Waals surface area contributed by atoms with E-state index in [4.69, 9.17) is 29.9 Å². The number of rotatable bonds is 11. The van der Waals surface area contributed by atoms with Crippen molar-refractivity contribution in [2.75, 3.05) is 0 Å². The van der Waals surface area contributed by atoms with Crippen molar-refractivity contribution in [2.45, 2.75) is 0 Å². The molecule has 0 radical (unpaired) electrons. The molecule has 86 heavy (non-hydrogen) atoms. The molecule has 6 aromatic heterocycles. The Bertz CT molecular complexity index is 4720. The number of hydrogen-bond donors (Lipinski definition) is 0. The van der Waals surface area contributed by atoms with Gasteiger partial charge in [0.05, 0.1) is 39.1 Å². The summed E-state index contributed by atoms with van der Waals surface area (Å²) in [7, 11) is 0. The predicted molar refractivity (Wildman–Crippen MR) is 349 cm³/mol. The zero-order valence-corrected chi connectivity index (χ0v) is 46.3. The zero-order valence-electron chi connectivity index (χ0n) is 46.3. The van der Waals surface area contributed by atoms with Crippen molar-refractivity contribution in [3.8, 4) is 113 Å². The van der Waals surface area contributed by atoms with E-state index in [0.717, 1.165) is 84.1 Å². The number of benzene rings is 10. The van der Waals surface area contributed by atoms with Gasteiger partial charge in [-0.2, -0.15) is 0 Å². The van der Waals surface area contributed by atoms with Crippen molar-refractivity contribution in [3.63, 3.8) is 0 Å². The van der Waals surface area contributed by atoms with Crippen LogP contribution in [0.25, 0.3) is 157 Å². The molecule has 0 bridgehead atoms. The first-order valence-corrected chi connectivity index (χ1v) is 28.7. The molecule has 0 fully saturated rings. The average Bonchev–Trinajstić information content (AvgIpc) is 2.84. The summed E-state index contributed by atoms with van der Waals surface area (Å²) in [5.74, 6) is 2.24. The molecule has 0 spiro atoms. The molecule has 0 aliphatic heterocycles. The lowest BCUT2D eigenvalue weighted by molar-refractivity contribution is 1.06. The van der Waals surface area contributed by atoms with Crippen molar-refractivity contribution in [1.29, 1.82) is 0 Å². The van der Waals surface area contributed by atoms with Gasteiger partial charge in [-0.25, -0.2) is 24.9 Å². The Kier molecular flexibility index (Phi) is 12.3. The first-order chi connectivity index (χ1) is 42.6. The highest BCUT2D eigenvalue weighted by molar-refractivity contribution is 6.10. The Morgan fingerprint density at radius 1 is 0.209 bits per heavy atom. The predicted octanol–water partition coefficient (Wildman–Crippen LogP) is 18.6. The highest BCUT2D eigenvalue weighted by Crippen LogP contribution is 2.37. The van der Waals surface area contributed by atoms with Gasteiger partial charge >= 0.3 is 0 Å². The molecule has 0 saturated heterocycles. The van der Waals surface area contributed by atoms with Crippen molar-refractivity contribution in [2.24, 2.45) is 0 Å². The third-order valence-corrected chi connectivity index (χ3v) is 16.2. The van der Waals surface area contributed by atoms with Gasteiger partial charge in [-0.3, -0.25) is 9.97 Å². The molecule has 0 N–H and O–H groups in total. The molecule has 0 aliphatic rings. The Morgan fingerprint density at radius 3 is 1.02 bits per heavy atom. The summed E-state index contributed by atoms with van der Waals surface area (Å²) in [6.07, 6.45) is 3.66. The zero-order chi connectivity index (χ0) is 56.9. The van der Waals surface area contributed by atoms with Crippen LogP contribution in [0.1, 0.15) is 0 Å². The second kappa shape index (κ2) is 21.2. The van der Waals surface area contributed by atoms with E-state index in [1.54, 1.807) is 6.20 Å². The first-order valence-electron chi connectivity index (χ1n) is 28.7. The molecular formula is C77H49N9. The summed E-state index contributed by atoms with van der Waals surface area (Å²) in [4.78, 5) is 34.8. The van der Waals surface area contributed by atoms with E-state index in [1.165, 1.54) is 43.6 Å². The fourth-order valence-electron chi connectivity index (χ4n) is 11.9. The molecule has 0 saturated carbocycles. The quantitative estimate of drug-likeness (QED) is 0.127. The van der Waals surface area contributed by atoms with Gasteiger partial charge in [-0.1, -0.05) is 212 Å². The maximum absolute atomic E-state index is 5.11. The van der Waals surface area contributed by atoms with Crippen molar-refractivity contribution in [3.05, 3.63) is 298 Å². The van der Waals surface area contributed by atoms with Crippen molar-refractivity contribution in [1.82, 2.24) is 44.0 Å². The second-order valence-electron chi connectivity index (χ2n) is 21.3. The van der Waals surface area contributed by atoms with Crippen LogP contribution in [0.2, 0.25) is 0 Å². The minimum atomic E-state index is 0.498. The van der Waals surface area contributed by atoms with E-state index in [9.17, 15) is 0 Å². The molecule has 0 aliphatic carbocycles. The Morgan fingerprint density at radius 2 is 0.570 bits per heavy atom. The van der Waals surface area contributed by atoms with Crippen LogP contribution < -0.4 is 0 Å². The van der Waals surface area contributed by atoms with E-state index >= 15 is 0 Å². The Labute approximate surface area is 495 Å². The molecule has 16 aromatic rings. The number of hydrogen-bond acceptors (Lipinski definition) is 7. The third-order valence-electron chi connectivity index (χ3n) is 16.2. The first kappa shape index (κ1) is 50.0. The molecule has 0 amide bonds. The van der Waals surface area contributed by atoms with Gasteiger partial charge in [0.2, 0.25) is 0 Å². The van der Waals surface area contributed by atoms with Gasteiger partial charge in [-0.05, 0) is 101 Å². The fraction of sp³-hybridized carbons (Fsp3) is 0. The molecule has 10 aromatic carbocycles. The normalized spacial score (nSPS) is 11.5. The van der Waals surface area contributed by atoms with Crippen LogP contribution in [-0.2, 0) is 0 Å². The van der Waals surface area contributed by atoms with Crippen LogP contribution >= 0.6 is 0 Å². The smallest absolute Gasteiger partial charge is 0.182 e. The van der Waals surface area contributed by atoms with E-state index in [-0.39, 0.29) is 0 Å². The van der Waals surface area contributed by atoms with Gasteiger partial charge < -0.3 is 9.13 Å². The standard InChI is InChI=1S/C77H49N9/c1-2-14-56(15-3-1)74-80-68(55-31-25-50(26-32-55)52-37-42-60(43-38-52)85-70-21-8-4-16-62(70)63-17-5-9-22-71(63)85)48-69(81-74)66-46-41-59(49-79-66)54-29-35-58(36-30-54)76-82-75(83-77(84-76)67-20-12-13-47-78-67)57-33-27-51(28-34-57)53-39-44-61(45-40-53)86-72-23-10-6-18-64(72)65-19-7-11-24-73(65)86/h1-49H. The lowest BCUT2D eigenvalue weighted by Gasteiger charge is -2.11. The second-order valence-corrected chi connectivity index (χ2v) is 21.3. The molecule has 9 heteroatoms. The number of fused-ring (bicyclic) bond motifs is 6. The van der Waals surface area contributed by atoms with Gasteiger partial charge in [-0.15, -0.1) is 0 Å². The largest absolute Gasteiger partial charge is 0.309 e. The number of nitrogens with zero attached hydrogens (tertiary/aromatic N) is 9. The van der Waals surface area contributed by atoms with E-state index < -0.39 is 0 Å². The average molecular weight is 1100 g/mol. The molecule has 9 nitrogen and oxygen atoms in total. The summed E-state index contributed by atoms with van der Waals surface area (Å²) in [6.45, 7) is 0. The SMILES string of the molecule is c1ccc(-c2nc(-c3ccc(-c4ccc(-n5c6ccccc6c6ccccc65)cc4)cc3)cc(-c3ccc(-c4ccc(-c5nc(-c6ccc(-c7ccc(-n8c9ccccc9c9ccccc98)cc7)cc6)nc(-c6ccccn6)n5)cc4)cn3)n2)cc1. The number of aromatic nitrogens is 9. The van der Waals surface area contributed by atoms with Gasteiger partial charge in [0.1, 0.15) is 5.69 Å². The van der Waals surface area contributed by atoms with Gasteiger partial charge in [0, 0.05) is 73.1 Å². The van der Waals surface area contributed by atoms with Gasteiger partial charge in [0.25, 0.3) is 0 Å². The van der Waals surface area contributed by atoms with E-state index in [1.807, 2.05) is 79.0 Å². The summed E-state index contributed by atoms with van der Waals surface area (Å²) < 4.78 is 4.68. The number of para-hydroxylation sites is 4. The van der Waals surface area contributed by atoms with E-state index in [0.29, 0.717) is 29.0 Å². The highest BCUT2D eigenvalue weighted by atomic mass is 15.0. The molecular weight excluding hydrogens is 1050 g/mol. The molecule has 0 unspecified atom stereocenters. The minimum absolute atomic E-state index is 0.498. The van der Waals surface area contributed by atoms with Crippen LogP contribution in [0, 0.1) is 0 Å². The monoisotopic (exact) mass is 1100 g/mol.